The number of hydrogen-bond acceptors (Lipinski definition) is 3. The Balaban J connectivity index is 2.32. The van der Waals surface area contributed by atoms with E-state index in [0.29, 0.717) is 12.8 Å². The van der Waals surface area contributed by atoms with Gasteiger partial charge in [-0.15, -0.1) is 0 Å². The van der Waals surface area contributed by atoms with Crippen molar-refractivity contribution < 1.29 is 24.3 Å². The van der Waals surface area contributed by atoms with Crippen molar-refractivity contribution in [2.75, 3.05) is 6.54 Å². The van der Waals surface area contributed by atoms with Gasteiger partial charge in [0.2, 0.25) is 0 Å². The molecule has 0 aromatic heterocycles. The van der Waals surface area contributed by atoms with Crippen molar-refractivity contribution >= 4 is 12.1 Å². The summed E-state index contributed by atoms with van der Waals surface area (Å²) in [5.74, 6) is -1.54. The quantitative estimate of drug-likeness (QED) is 0.843. The van der Waals surface area contributed by atoms with Crippen molar-refractivity contribution in [2.24, 2.45) is 5.92 Å². The molecule has 2 rings (SSSR count). The van der Waals surface area contributed by atoms with Gasteiger partial charge >= 0.3 is 5.97 Å². The summed E-state index contributed by atoms with van der Waals surface area (Å²) < 4.78 is -0.305. The van der Waals surface area contributed by atoms with Gasteiger partial charge in [-0.1, -0.05) is 30.3 Å². The molecule has 1 aliphatic rings. The lowest BCUT2D eigenvalue weighted by Gasteiger charge is -2.47. The maximum absolute atomic E-state index is 11.7. The van der Waals surface area contributed by atoms with Gasteiger partial charge < -0.3 is 15.0 Å². The van der Waals surface area contributed by atoms with Gasteiger partial charge in [0.1, 0.15) is 12.5 Å². The van der Waals surface area contributed by atoms with Crippen LogP contribution in [0.15, 0.2) is 30.3 Å². The van der Waals surface area contributed by atoms with Crippen LogP contribution < -0.4 is 5.11 Å². The number of carboxylic acid groups (broad SMARTS) is 2. The Morgan fingerprint density at radius 1 is 1.30 bits per heavy atom. The Morgan fingerprint density at radius 3 is 2.50 bits per heavy atom. The molecule has 0 saturated carbocycles. The molecular formula is C15H19NO4. The number of likely N-dealkylation sites (tertiary alicyclic amines) is 1. The van der Waals surface area contributed by atoms with Crippen molar-refractivity contribution in [2.45, 2.75) is 32.4 Å². The Bertz CT molecular complexity index is 502. The predicted octanol–water partition coefficient (Wildman–Crippen LogP) is 1.23. The average molecular weight is 277 g/mol. The normalized spacial score (nSPS) is 29.9. The average Bonchev–Trinajstić information content (AvgIpc) is 2.42. The zero-order valence-electron chi connectivity index (χ0n) is 11.5. The van der Waals surface area contributed by atoms with Crippen LogP contribution in [0.2, 0.25) is 0 Å². The first-order valence-corrected chi connectivity index (χ1v) is 6.81. The molecule has 108 valence electrons. The van der Waals surface area contributed by atoms with E-state index < -0.39 is 18.0 Å². The fourth-order valence-electron chi connectivity index (χ4n) is 3.00. The molecule has 0 bridgehead atoms. The van der Waals surface area contributed by atoms with Crippen molar-refractivity contribution in [1.29, 1.82) is 0 Å². The highest BCUT2D eigenvalue weighted by atomic mass is 16.4. The summed E-state index contributed by atoms with van der Waals surface area (Å²) in [4.78, 5) is 22.9. The number of piperidine rings is 1. The van der Waals surface area contributed by atoms with Gasteiger partial charge in [-0.2, -0.15) is 0 Å². The fraction of sp³-hybridized carbons (Fsp3) is 0.467. The van der Waals surface area contributed by atoms with E-state index in [1.165, 1.54) is 0 Å². The number of rotatable bonds is 3. The molecule has 0 radical (unpaired) electrons. The van der Waals surface area contributed by atoms with Crippen LogP contribution >= 0.6 is 0 Å². The van der Waals surface area contributed by atoms with Gasteiger partial charge in [0.05, 0.1) is 12.6 Å². The summed E-state index contributed by atoms with van der Waals surface area (Å²) in [5, 5.41) is 20.9. The standard InChI is InChI=1S/C15H19NO4/c1-11-7-8-13(14(17)18)10-16(11,15(19)20)9-12-5-3-2-4-6-12/h2-6,11,13H,7-10H2,1H3,(H-,17,18,19,20). The molecule has 1 amide bonds. The van der Waals surface area contributed by atoms with Crippen LogP contribution in [0.3, 0.4) is 0 Å². The number of aliphatic carboxylic acids is 1. The highest BCUT2D eigenvalue weighted by Crippen LogP contribution is 2.31. The van der Waals surface area contributed by atoms with Crippen LogP contribution in [0.4, 0.5) is 4.79 Å². The third-order valence-corrected chi connectivity index (χ3v) is 4.34. The van der Waals surface area contributed by atoms with Crippen molar-refractivity contribution in [3.8, 4) is 0 Å². The molecule has 5 heteroatoms. The van der Waals surface area contributed by atoms with Gasteiger partial charge in [-0.25, -0.2) is 0 Å². The number of hydrogen-bond donors (Lipinski definition) is 1. The first kappa shape index (κ1) is 14.5. The lowest BCUT2D eigenvalue weighted by Crippen LogP contribution is -2.66. The third-order valence-electron chi connectivity index (χ3n) is 4.34. The maximum atomic E-state index is 11.7. The van der Waals surface area contributed by atoms with Gasteiger partial charge in [-0.3, -0.25) is 9.28 Å². The van der Waals surface area contributed by atoms with Gasteiger partial charge in [0.25, 0.3) is 6.09 Å². The second-order valence-electron chi connectivity index (χ2n) is 5.59. The third kappa shape index (κ3) is 2.67. The molecule has 1 heterocycles. The van der Waals surface area contributed by atoms with Crippen LogP contribution in [0, 0.1) is 5.92 Å². The van der Waals surface area contributed by atoms with Gasteiger partial charge in [0, 0.05) is 12.0 Å². The SMILES string of the molecule is CC1CCC(C(=O)O)C[N+]1(Cc1ccccc1)C(=O)[O-]. The van der Waals surface area contributed by atoms with Crippen LogP contribution in [0.5, 0.6) is 0 Å². The number of quaternary nitrogens is 1. The Kier molecular flexibility index (Phi) is 4.09. The molecule has 3 unspecified atom stereocenters. The molecule has 20 heavy (non-hydrogen) atoms. The van der Waals surface area contributed by atoms with E-state index in [0.717, 1.165) is 5.56 Å². The molecule has 1 aromatic carbocycles. The maximum Gasteiger partial charge on any atom is 0.312 e. The molecule has 1 aromatic rings. The number of carboxylic acids is 1. The number of carbonyl (C=O) groups is 2. The number of benzene rings is 1. The molecule has 1 N–H and O–H groups in total. The minimum absolute atomic E-state index is 0.0910. The summed E-state index contributed by atoms with van der Waals surface area (Å²) in [7, 11) is 0. The van der Waals surface area contributed by atoms with E-state index in [1.54, 1.807) is 0 Å². The van der Waals surface area contributed by atoms with Gasteiger partial charge in [0.15, 0.2) is 0 Å². The van der Waals surface area contributed by atoms with Crippen molar-refractivity contribution in [3.05, 3.63) is 35.9 Å². The largest absolute Gasteiger partial charge is 0.498 e. The van der Waals surface area contributed by atoms with Crippen LogP contribution in [0.25, 0.3) is 0 Å². The van der Waals surface area contributed by atoms with Crippen LogP contribution in [0.1, 0.15) is 25.3 Å². The Labute approximate surface area is 118 Å². The van der Waals surface area contributed by atoms with Crippen LogP contribution in [-0.4, -0.2) is 34.2 Å². The summed E-state index contributed by atoms with van der Waals surface area (Å²) in [5.41, 5.74) is 0.884. The lowest BCUT2D eigenvalue weighted by molar-refractivity contribution is -0.917. The molecule has 0 aliphatic carbocycles. The van der Waals surface area contributed by atoms with E-state index in [2.05, 4.69) is 0 Å². The van der Waals surface area contributed by atoms with Crippen LogP contribution in [-0.2, 0) is 11.3 Å². The van der Waals surface area contributed by atoms with E-state index in [1.807, 2.05) is 37.3 Å². The molecule has 0 spiro atoms. The number of nitrogens with zero attached hydrogens (tertiary/aromatic N) is 1. The summed E-state index contributed by atoms with van der Waals surface area (Å²) in [6, 6.07) is 9.15. The van der Waals surface area contributed by atoms with E-state index in [-0.39, 0.29) is 23.6 Å². The number of amides is 1. The topological polar surface area (TPSA) is 77.4 Å². The molecule has 1 aliphatic heterocycles. The molecular weight excluding hydrogens is 258 g/mol. The predicted molar refractivity (Wildman–Crippen MR) is 70.5 cm³/mol. The molecule has 5 nitrogen and oxygen atoms in total. The minimum atomic E-state index is -1.19. The van der Waals surface area contributed by atoms with Gasteiger partial charge in [-0.05, 0) is 13.3 Å². The first-order chi connectivity index (χ1) is 9.45. The monoisotopic (exact) mass is 277 g/mol. The summed E-state index contributed by atoms with van der Waals surface area (Å²) in [6.45, 7) is 2.22. The second-order valence-corrected chi connectivity index (χ2v) is 5.59. The summed E-state index contributed by atoms with van der Waals surface area (Å²) in [6.07, 6.45) is -0.0802. The minimum Gasteiger partial charge on any atom is -0.498 e. The highest BCUT2D eigenvalue weighted by molar-refractivity contribution is 5.70. The Hall–Kier alpha value is -1.88. The molecule has 1 fully saturated rings. The number of carbonyl (C=O) groups excluding carboxylic acids is 1. The zero-order chi connectivity index (χ0) is 14.8. The fourth-order valence-corrected chi connectivity index (χ4v) is 3.00. The smallest absolute Gasteiger partial charge is 0.312 e. The van der Waals surface area contributed by atoms with Crippen molar-refractivity contribution in [1.82, 2.24) is 0 Å². The van der Waals surface area contributed by atoms with Crippen molar-refractivity contribution in [3.63, 3.8) is 0 Å². The lowest BCUT2D eigenvalue weighted by atomic mass is 9.90. The molecule has 3 atom stereocenters. The van der Waals surface area contributed by atoms with E-state index in [4.69, 9.17) is 0 Å². The van der Waals surface area contributed by atoms with E-state index >= 15 is 0 Å². The van der Waals surface area contributed by atoms with E-state index in [9.17, 15) is 19.8 Å². The summed E-state index contributed by atoms with van der Waals surface area (Å²) >= 11 is 0. The Morgan fingerprint density at radius 2 is 1.95 bits per heavy atom. The highest BCUT2D eigenvalue weighted by Gasteiger charge is 2.45. The second kappa shape index (κ2) is 5.63. The first-order valence-electron chi connectivity index (χ1n) is 6.81. The zero-order valence-corrected chi connectivity index (χ0v) is 11.5. The molecule has 1 saturated heterocycles.